The Bertz CT molecular complexity index is 1890. The summed E-state index contributed by atoms with van der Waals surface area (Å²) in [6.45, 7) is 4.14. The summed E-state index contributed by atoms with van der Waals surface area (Å²) < 4.78 is 32.5. The standard InChI is InChI=1S/C40H38Cl4N4O2S2/c1-47-21-35(33-15-29(41)17-39(43)37(33)23-47)27-7-11-31(12-8-27)51(49)45-19-25-3-5-26(6-4-25)20-46-52(50)32-13-9-28(10-14-32)36-22-48(2)24-38-34(36)16-30(42)18-40(38)44/h3-18,35-36,45-46H,19-24H2,1-2H3. The number of hydrogen-bond donors (Lipinski definition) is 2. The first-order valence-corrected chi connectivity index (χ1v) is 20.7. The molecule has 5 aromatic carbocycles. The van der Waals surface area contributed by atoms with E-state index in [0.717, 1.165) is 70.7 Å². The lowest BCUT2D eigenvalue weighted by Crippen LogP contribution is -2.31. The van der Waals surface area contributed by atoms with Gasteiger partial charge in [0.1, 0.15) is 0 Å². The molecule has 270 valence electrons. The van der Waals surface area contributed by atoms with E-state index in [1.807, 2.05) is 84.9 Å². The van der Waals surface area contributed by atoms with E-state index >= 15 is 0 Å². The molecule has 4 unspecified atom stereocenters. The highest BCUT2D eigenvalue weighted by atomic mass is 35.5. The van der Waals surface area contributed by atoms with Crippen LogP contribution >= 0.6 is 46.4 Å². The highest BCUT2D eigenvalue weighted by Gasteiger charge is 2.29. The predicted octanol–water partition coefficient (Wildman–Crippen LogP) is 9.08. The van der Waals surface area contributed by atoms with Crippen LogP contribution in [-0.4, -0.2) is 46.1 Å². The maximum Gasteiger partial charge on any atom is 0.173 e. The highest BCUT2D eigenvalue weighted by molar-refractivity contribution is 7.89. The molecule has 0 amide bonds. The second kappa shape index (κ2) is 16.6. The van der Waals surface area contributed by atoms with Crippen LogP contribution in [0.1, 0.15) is 56.3 Å². The first kappa shape index (κ1) is 38.0. The van der Waals surface area contributed by atoms with Gasteiger partial charge in [-0.1, -0.05) is 94.9 Å². The van der Waals surface area contributed by atoms with Gasteiger partial charge in [0, 0.05) is 58.1 Å². The van der Waals surface area contributed by atoms with Crippen molar-refractivity contribution in [3.05, 3.63) is 162 Å². The molecule has 2 N–H and O–H groups in total. The zero-order valence-electron chi connectivity index (χ0n) is 28.7. The number of halogens is 4. The Kier molecular flexibility index (Phi) is 12.1. The van der Waals surface area contributed by atoms with Gasteiger partial charge >= 0.3 is 0 Å². The van der Waals surface area contributed by atoms with Crippen molar-refractivity contribution in [3.63, 3.8) is 0 Å². The third kappa shape index (κ3) is 8.65. The van der Waals surface area contributed by atoms with Crippen molar-refractivity contribution in [2.75, 3.05) is 27.2 Å². The Hall–Kier alpha value is -2.28. The molecule has 0 aromatic heterocycles. The van der Waals surface area contributed by atoms with Gasteiger partial charge in [-0.15, -0.1) is 9.44 Å². The van der Waals surface area contributed by atoms with Gasteiger partial charge in [0.15, 0.2) is 9.79 Å². The molecule has 4 atom stereocenters. The molecule has 0 radical (unpaired) electrons. The van der Waals surface area contributed by atoms with Crippen molar-refractivity contribution in [1.29, 1.82) is 0 Å². The third-order valence-corrected chi connectivity index (χ3v) is 13.1. The first-order chi connectivity index (χ1) is 25.0. The van der Waals surface area contributed by atoms with Crippen LogP contribution in [0.25, 0.3) is 0 Å². The molecular formula is C40H38Cl4N4O2S2. The van der Waals surface area contributed by atoms with E-state index in [9.17, 15) is 9.11 Å². The van der Waals surface area contributed by atoms with Crippen molar-refractivity contribution in [3.8, 4) is 0 Å². The minimum absolute atomic E-state index is 0.125. The van der Waals surface area contributed by atoms with E-state index in [1.54, 1.807) is 12.1 Å². The van der Waals surface area contributed by atoms with Gasteiger partial charge in [0.2, 0.25) is 0 Å². The number of benzene rings is 5. The largest absolute Gasteiger partial charge is 0.593 e. The Labute approximate surface area is 332 Å². The number of likely N-dealkylation sites (N-methyl/N-ethyl adjacent to an activating group) is 2. The molecule has 0 fully saturated rings. The second-order valence-corrected chi connectivity index (χ2v) is 17.8. The highest BCUT2D eigenvalue weighted by Crippen LogP contribution is 2.40. The van der Waals surface area contributed by atoms with Crippen LogP contribution in [0.3, 0.4) is 0 Å². The van der Waals surface area contributed by atoms with Gasteiger partial charge in [-0.25, -0.2) is 0 Å². The van der Waals surface area contributed by atoms with Crippen molar-refractivity contribution in [2.24, 2.45) is 0 Å². The van der Waals surface area contributed by atoms with E-state index in [2.05, 4.69) is 33.3 Å². The van der Waals surface area contributed by atoms with Crippen LogP contribution in [0.15, 0.2) is 107 Å². The molecule has 0 saturated heterocycles. The van der Waals surface area contributed by atoms with Crippen molar-refractivity contribution in [1.82, 2.24) is 19.2 Å². The molecule has 52 heavy (non-hydrogen) atoms. The first-order valence-electron chi connectivity index (χ1n) is 16.9. The van der Waals surface area contributed by atoms with Crippen LogP contribution in [-0.2, 0) is 48.9 Å². The molecule has 0 bridgehead atoms. The average molecular weight is 813 g/mol. The summed E-state index contributed by atoms with van der Waals surface area (Å²) in [5, 5.41) is 2.65. The average Bonchev–Trinajstić information content (AvgIpc) is 3.13. The summed E-state index contributed by atoms with van der Waals surface area (Å²) in [7, 11) is 4.17. The number of rotatable bonds is 10. The molecule has 0 spiro atoms. The smallest absolute Gasteiger partial charge is 0.173 e. The van der Waals surface area contributed by atoms with Crippen molar-refractivity contribution >= 4 is 69.1 Å². The molecule has 0 aliphatic carbocycles. The number of nitrogens with one attached hydrogen (secondary N) is 2. The Morgan fingerprint density at radius 1 is 0.577 bits per heavy atom. The zero-order chi connectivity index (χ0) is 36.5. The van der Waals surface area contributed by atoms with E-state index in [1.165, 1.54) is 0 Å². The van der Waals surface area contributed by atoms with Crippen LogP contribution < -0.4 is 9.44 Å². The summed E-state index contributed by atoms with van der Waals surface area (Å²) in [6, 6.07) is 31.4. The lowest BCUT2D eigenvalue weighted by atomic mass is 9.85. The van der Waals surface area contributed by atoms with Crippen molar-refractivity contribution in [2.45, 2.75) is 47.8 Å². The van der Waals surface area contributed by atoms with Crippen LogP contribution in [0.4, 0.5) is 0 Å². The summed E-state index contributed by atoms with van der Waals surface area (Å²) in [6.07, 6.45) is 0. The van der Waals surface area contributed by atoms with Gasteiger partial charge < -0.3 is 18.9 Å². The quantitative estimate of drug-likeness (QED) is 0.137. The SMILES string of the molecule is CN1Cc2c(Cl)cc(Cl)cc2C(c2ccc([S+]([O-])NCc3ccc(CN[S+]([O-])c4ccc(C5CN(C)Cc6c(Cl)cc(Cl)cc65)cc4)cc3)cc2)C1. The molecule has 2 heterocycles. The summed E-state index contributed by atoms with van der Waals surface area (Å²) in [5.74, 6) is 0.250. The minimum atomic E-state index is -1.38. The van der Waals surface area contributed by atoms with Gasteiger partial charge in [-0.05, 0) is 107 Å². The van der Waals surface area contributed by atoms with Gasteiger partial charge in [0.25, 0.3) is 0 Å². The van der Waals surface area contributed by atoms with E-state index < -0.39 is 22.7 Å². The Balaban J connectivity index is 0.911. The molecule has 7 rings (SSSR count). The molecule has 6 nitrogen and oxygen atoms in total. The maximum absolute atomic E-state index is 13.1. The maximum atomic E-state index is 13.1. The molecule has 12 heteroatoms. The monoisotopic (exact) mass is 810 g/mol. The zero-order valence-corrected chi connectivity index (χ0v) is 33.3. The van der Waals surface area contributed by atoms with Crippen LogP contribution in [0.2, 0.25) is 20.1 Å². The normalized spacial score (nSPS) is 18.8. The van der Waals surface area contributed by atoms with Crippen LogP contribution in [0, 0.1) is 0 Å². The lowest BCUT2D eigenvalue weighted by Gasteiger charge is -2.33. The lowest BCUT2D eigenvalue weighted by molar-refractivity contribution is 0.295. The molecule has 2 aliphatic heterocycles. The van der Waals surface area contributed by atoms with Gasteiger partial charge in [-0.3, -0.25) is 0 Å². The molecule has 2 aliphatic rings. The Morgan fingerprint density at radius 3 is 1.31 bits per heavy atom. The van der Waals surface area contributed by atoms with E-state index in [0.29, 0.717) is 43.0 Å². The number of nitrogens with zero attached hydrogens (tertiary/aromatic N) is 2. The number of hydrogen-bond acceptors (Lipinski definition) is 6. The van der Waals surface area contributed by atoms with Crippen molar-refractivity contribution < 1.29 is 9.11 Å². The van der Waals surface area contributed by atoms with E-state index in [4.69, 9.17) is 46.4 Å². The predicted molar refractivity (Wildman–Crippen MR) is 215 cm³/mol. The fourth-order valence-electron chi connectivity index (χ4n) is 7.15. The Morgan fingerprint density at radius 2 is 0.942 bits per heavy atom. The summed E-state index contributed by atoms with van der Waals surface area (Å²) >= 11 is 23.0. The fraction of sp³-hybridized carbons (Fsp3) is 0.250. The topological polar surface area (TPSA) is 76.7 Å². The van der Waals surface area contributed by atoms with Gasteiger partial charge in [0.05, 0.1) is 35.8 Å². The second-order valence-electron chi connectivity index (χ2n) is 13.5. The third-order valence-electron chi connectivity index (χ3n) is 9.82. The minimum Gasteiger partial charge on any atom is -0.593 e. The summed E-state index contributed by atoms with van der Waals surface area (Å²) in [5.41, 5.74) is 8.76. The van der Waals surface area contributed by atoms with Gasteiger partial charge in [-0.2, -0.15) is 0 Å². The summed E-state index contributed by atoms with van der Waals surface area (Å²) in [4.78, 5) is 5.92. The molecule has 0 saturated carbocycles. The molecular weight excluding hydrogens is 774 g/mol. The van der Waals surface area contributed by atoms with E-state index in [-0.39, 0.29) is 11.8 Å². The molecule has 5 aromatic rings. The fourth-order valence-corrected chi connectivity index (χ4v) is 9.98. The number of fused-ring (bicyclic) bond motifs is 2. The van der Waals surface area contributed by atoms with Crippen LogP contribution in [0.5, 0.6) is 0 Å².